The van der Waals surface area contributed by atoms with Crippen molar-refractivity contribution in [1.29, 1.82) is 0 Å². The molecule has 0 saturated carbocycles. The standard InChI is InChI=1S/C20H37NO8/c1-5-7-9-27-17(19(24)25)18(28-10-8-6-2)20(26)29-21-13-15(11-14(3)4)12-16(22)23/h14-15,17-18,21H,5-13H2,1-4H3,(H,22,23)(H,24,25)/t15-,17+,18+/m0/s1. The molecule has 0 aromatic carbocycles. The lowest BCUT2D eigenvalue weighted by atomic mass is 9.94. The van der Waals surface area contributed by atoms with Gasteiger partial charge in [0.1, 0.15) is 0 Å². The van der Waals surface area contributed by atoms with Gasteiger partial charge in [-0.3, -0.25) is 4.79 Å². The van der Waals surface area contributed by atoms with Gasteiger partial charge in [-0.25, -0.2) is 9.59 Å². The van der Waals surface area contributed by atoms with Crippen molar-refractivity contribution in [2.24, 2.45) is 11.8 Å². The second-order valence-electron chi connectivity index (χ2n) is 7.49. The van der Waals surface area contributed by atoms with Crippen molar-refractivity contribution in [2.45, 2.75) is 78.4 Å². The Bertz CT molecular complexity index is 483. The van der Waals surface area contributed by atoms with E-state index in [1.54, 1.807) is 0 Å². The normalized spacial score (nSPS) is 14.4. The number of carbonyl (C=O) groups is 3. The molecule has 0 radical (unpaired) electrons. The van der Waals surface area contributed by atoms with Gasteiger partial charge in [-0.15, -0.1) is 0 Å². The van der Waals surface area contributed by atoms with Gasteiger partial charge >= 0.3 is 17.9 Å². The molecule has 0 unspecified atom stereocenters. The molecule has 0 heterocycles. The molecule has 0 aliphatic heterocycles. The molecule has 0 saturated heterocycles. The van der Waals surface area contributed by atoms with E-state index >= 15 is 0 Å². The first-order valence-corrected chi connectivity index (χ1v) is 10.3. The van der Waals surface area contributed by atoms with E-state index in [4.69, 9.17) is 19.4 Å². The number of carbonyl (C=O) groups excluding carboxylic acids is 1. The van der Waals surface area contributed by atoms with Gasteiger partial charge in [0, 0.05) is 26.2 Å². The molecule has 0 fully saturated rings. The van der Waals surface area contributed by atoms with E-state index in [2.05, 4.69) is 5.48 Å². The average molecular weight is 420 g/mol. The topological polar surface area (TPSA) is 131 Å². The minimum atomic E-state index is -1.47. The first-order chi connectivity index (χ1) is 13.7. The van der Waals surface area contributed by atoms with Crippen LogP contribution >= 0.6 is 0 Å². The largest absolute Gasteiger partial charge is 0.481 e. The van der Waals surface area contributed by atoms with Crippen molar-refractivity contribution in [3.63, 3.8) is 0 Å². The Kier molecular flexibility index (Phi) is 15.2. The smallest absolute Gasteiger partial charge is 0.357 e. The summed E-state index contributed by atoms with van der Waals surface area (Å²) in [6.07, 6.45) is 0.659. The summed E-state index contributed by atoms with van der Waals surface area (Å²) in [5, 5.41) is 18.5. The summed E-state index contributed by atoms with van der Waals surface area (Å²) in [4.78, 5) is 40.1. The number of hydroxylamine groups is 1. The van der Waals surface area contributed by atoms with Crippen LogP contribution in [0, 0.1) is 11.8 Å². The quantitative estimate of drug-likeness (QED) is 0.226. The Hall–Kier alpha value is -1.71. The van der Waals surface area contributed by atoms with Crippen LogP contribution in [0.1, 0.15) is 66.2 Å². The third-order valence-corrected chi connectivity index (χ3v) is 4.15. The highest BCUT2D eigenvalue weighted by molar-refractivity contribution is 5.84. The van der Waals surface area contributed by atoms with Crippen LogP contribution in [0.5, 0.6) is 0 Å². The molecule has 9 heteroatoms. The number of rotatable bonds is 18. The lowest BCUT2D eigenvalue weighted by molar-refractivity contribution is -0.185. The summed E-state index contributed by atoms with van der Waals surface area (Å²) < 4.78 is 10.8. The lowest BCUT2D eigenvalue weighted by Gasteiger charge is -2.24. The maximum absolute atomic E-state index is 12.5. The van der Waals surface area contributed by atoms with Crippen LogP contribution in [0.2, 0.25) is 0 Å². The number of carboxylic acid groups (broad SMARTS) is 2. The molecule has 29 heavy (non-hydrogen) atoms. The minimum absolute atomic E-state index is 0.0585. The van der Waals surface area contributed by atoms with Crippen LogP contribution in [-0.4, -0.2) is 60.1 Å². The molecule has 3 N–H and O–H groups in total. The highest BCUT2D eigenvalue weighted by Crippen LogP contribution is 2.15. The Morgan fingerprint density at radius 1 is 0.931 bits per heavy atom. The number of aliphatic carboxylic acids is 2. The SMILES string of the molecule is CCCCO[C@@H](C(=O)O)[C@@H](OCCCC)C(=O)ONC[C@H](CC(=O)O)CC(C)C. The van der Waals surface area contributed by atoms with E-state index < -0.39 is 30.1 Å². The van der Waals surface area contributed by atoms with Crippen LogP contribution in [0.15, 0.2) is 0 Å². The minimum Gasteiger partial charge on any atom is -0.481 e. The Morgan fingerprint density at radius 2 is 1.48 bits per heavy atom. The Labute approximate surface area is 173 Å². The predicted molar refractivity (Wildman–Crippen MR) is 106 cm³/mol. The Balaban J connectivity index is 4.94. The summed E-state index contributed by atoms with van der Waals surface area (Å²) in [6.45, 7) is 8.38. The zero-order chi connectivity index (χ0) is 22.2. The fourth-order valence-electron chi connectivity index (χ4n) is 2.72. The molecule has 3 atom stereocenters. The van der Waals surface area contributed by atoms with Crippen LogP contribution in [0.25, 0.3) is 0 Å². The summed E-state index contributed by atoms with van der Waals surface area (Å²) in [6, 6.07) is 0. The van der Waals surface area contributed by atoms with E-state index in [0.29, 0.717) is 19.3 Å². The van der Waals surface area contributed by atoms with Gasteiger partial charge in [0.2, 0.25) is 0 Å². The number of nitrogens with one attached hydrogen (secondary N) is 1. The highest BCUT2D eigenvalue weighted by Gasteiger charge is 2.37. The molecule has 0 spiro atoms. The average Bonchev–Trinajstić information content (AvgIpc) is 2.61. The summed E-state index contributed by atoms with van der Waals surface area (Å²) in [5.41, 5.74) is 2.49. The van der Waals surface area contributed by atoms with Crippen LogP contribution in [0.4, 0.5) is 0 Å². The molecule has 0 rings (SSSR count). The maximum Gasteiger partial charge on any atom is 0.357 e. The number of hydrogen-bond donors (Lipinski definition) is 3. The first kappa shape index (κ1) is 27.3. The van der Waals surface area contributed by atoms with E-state index in [9.17, 15) is 19.5 Å². The van der Waals surface area contributed by atoms with Crippen LogP contribution in [0.3, 0.4) is 0 Å². The second-order valence-corrected chi connectivity index (χ2v) is 7.49. The molecule has 170 valence electrons. The van der Waals surface area contributed by atoms with E-state index in [1.807, 2.05) is 27.7 Å². The summed E-state index contributed by atoms with van der Waals surface area (Å²) >= 11 is 0. The van der Waals surface area contributed by atoms with Crippen molar-refractivity contribution >= 4 is 17.9 Å². The molecule has 0 amide bonds. The zero-order valence-electron chi connectivity index (χ0n) is 18.0. The predicted octanol–water partition coefficient (Wildman–Crippen LogP) is 2.63. The van der Waals surface area contributed by atoms with Gasteiger partial charge < -0.3 is 24.5 Å². The van der Waals surface area contributed by atoms with E-state index in [1.165, 1.54) is 0 Å². The molecular formula is C20H37NO8. The van der Waals surface area contributed by atoms with Crippen LogP contribution in [-0.2, 0) is 28.7 Å². The number of carboxylic acids is 2. The monoisotopic (exact) mass is 419 g/mol. The lowest BCUT2D eigenvalue weighted by Crippen LogP contribution is -2.46. The number of hydrogen-bond acceptors (Lipinski definition) is 7. The van der Waals surface area contributed by atoms with Gasteiger partial charge in [0.05, 0.1) is 0 Å². The number of ether oxygens (including phenoxy) is 2. The summed E-state index contributed by atoms with van der Waals surface area (Å²) in [7, 11) is 0. The fraction of sp³-hybridized carbons (Fsp3) is 0.850. The van der Waals surface area contributed by atoms with E-state index in [-0.39, 0.29) is 38.0 Å². The molecule has 0 bridgehead atoms. The highest BCUT2D eigenvalue weighted by atomic mass is 16.7. The van der Waals surface area contributed by atoms with Crippen molar-refractivity contribution in [2.75, 3.05) is 19.8 Å². The van der Waals surface area contributed by atoms with Gasteiger partial charge in [-0.05, 0) is 31.1 Å². The fourth-order valence-corrected chi connectivity index (χ4v) is 2.72. The van der Waals surface area contributed by atoms with Gasteiger partial charge in [-0.1, -0.05) is 40.5 Å². The van der Waals surface area contributed by atoms with Crippen molar-refractivity contribution in [1.82, 2.24) is 5.48 Å². The molecule has 0 aromatic heterocycles. The van der Waals surface area contributed by atoms with Crippen molar-refractivity contribution in [3.8, 4) is 0 Å². The third-order valence-electron chi connectivity index (χ3n) is 4.15. The molecule has 9 nitrogen and oxygen atoms in total. The molecular weight excluding hydrogens is 382 g/mol. The zero-order valence-corrected chi connectivity index (χ0v) is 18.0. The van der Waals surface area contributed by atoms with Gasteiger partial charge in [-0.2, -0.15) is 5.48 Å². The van der Waals surface area contributed by atoms with E-state index in [0.717, 1.165) is 12.8 Å². The van der Waals surface area contributed by atoms with Gasteiger partial charge in [0.15, 0.2) is 12.2 Å². The Morgan fingerprint density at radius 3 is 1.93 bits per heavy atom. The first-order valence-electron chi connectivity index (χ1n) is 10.3. The van der Waals surface area contributed by atoms with Crippen LogP contribution < -0.4 is 5.48 Å². The number of unbranched alkanes of at least 4 members (excludes halogenated alkanes) is 2. The molecule has 0 aliphatic carbocycles. The second kappa shape index (κ2) is 16.1. The molecule has 0 aromatic rings. The molecule has 0 aliphatic rings. The van der Waals surface area contributed by atoms with Crippen molar-refractivity contribution < 1.29 is 38.9 Å². The van der Waals surface area contributed by atoms with Gasteiger partial charge in [0.25, 0.3) is 0 Å². The summed E-state index contributed by atoms with van der Waals surface area (Å²) in [5.74, 6) is -3.08. The third kappa shape index (κ3) is 13.2. The van der Waals surface area contributed by atoms with Crippen molar-refractivity contribution in [3.05, 3.63) is 0 Å². The maximum atomic E-state index is 12.5.